The molecule has 10 nitrogen and oxygen atoms in total. The molecule has 1 amide bonds. The second kappa shape index (κ2) is 13.6. The molecule has 240 valence electrons. The third-order valence-corrected chi connectivity index (χ3v) is 9.50. The van der Waals surface area contributed by atoms with Crippen LogP contribution in [0, 0.1) is 6.92 Å². The van der Waals surface area contributed by atoms with Gasteiger partial charge < -0.3 is 20.3 Å². The van der Waals surface area contributed by atoms with Crippen LogP contribution in [-0.4, -0.2) is 86.4 Å². The van der Waals surface area contributed by atoms with Gasteiger partial charge in [-0.25, -0.2) is 9.97 Å². The van der Waals surface area contributed by atoms with E-state index in [9.17, 15) is 15.0 Å². The molecule has 2 aromatic heterocycles. The molecule has 0 bridgehead atoms. The van der Waals surface area contributed by atoms with Crippen molar-refractivity contribution in [2.24, 2.45) is 0 Å². The van der Waals surface area contributed by atoms with Crippen LogP contribution >= 0.6 is 23.2 Å². The summed E-state index contributed by atoms with van der Waals surface area (Å²) in [5.74, 6) is 0.0251. The molecule has 2 aliphatic heterocycles. The molecule has 3 N–H and O–H groups in total. The predicted molar refractivity (Wildman–Crippen MR) is 178 cm³/mol. The number of amides is 1. The monoisotopic (exact) mass is 662 g/mol. The highest BCUT2D eigenvalue weighted by Crippen LogP contribution is 2.41. The number of nitrogens with one attached hydrogen (secondary N) is 1. The molecule has 2 aliphatic rings. The van der Waals surface area contributed by atoms with E-state index in [4.69, 9.17) is 32.9 Å². The van der Waals surface area contributed by atoms with Crippen molar-refractivity contribution >= 4 is 34.8 Å². The number of nitrogens with zero attached hydrogens (tertiary/aromatic N) is 5. The number of ether oxygens (including phenoxy) is 1. The van der Waals surface area contributed by atoms with Crippen LogP contribution in [0.5, 0.6) is 5.88 Å². The number of aliphatic hydroxyl groups is 2. The molecule has 0 saturated carbocycles. The van der Waals surface area contributed by atoms with Crippen LogP contribution in [0.15, 0.2) is 48.7 Å². The van der Waals surface area contributed by atoms with Crippen molar-refractivity contribution < 1.29 is 19.7 Å². The minimum Gasteiger partial charge on any atom is -0.480 e. The summed E-state index contributed by atoms with van der Waals surface area (Å²) in [6.45, 7) is 7.16. The number of halogens is 2. The molecule has 0 spiro atoms. The fourth-order valence-corrected chi connectivity index (χ4v) is 6.61. The van der Waals surface area contributed by atoms with E-state index >= 15 is 0 Å². The van der Waals surface area contributed by atoms with Gasteiger partial charge in [-0.3, -0.25) is 19.6 Å². The molecule has 1 saturated heterocycles. The molecular weight excluding hydrogens is 627 g/mol. The van der Waals surface area contributed by atoms with E-state index in [1.54, 1.807) is 19.4 Å². The summed E-state index contributed by atoms with van der Waals surface area (Å²) >= 11 is 13.9. The van der Waals surface area contributed by atoms with E-state index in [1.165, 1.54) is 0 Å². The molecule has 2 aromatic carbocycles. The number of hydrogen-bond acceptors (Lipinski definition) is 9. The highest BCUT2D eigenvalue weighted by molar-refractivity contribution is 6.39. The Labute approximate surface area is 278 Å². The van der Waals surface area contributed by atoms with Gasteiger partial charge in [0, 0.05) is 55.5 Å². The third kappa shape index (κ3) is 6.46. The van der Waals surface area contributed by atoms with Crippen LogP contribution in [0.2, 0.25) is 10.0 Å². The number of hydrogen-bond donors (Lipinski definition) is 3. The summed E-state index contributed by atoms with van der Waals surface area (Å²) in [5.41, 5.74) is 6.94. The Balaban J connectivity index is 1.25. The average molecular weight is 664 g/mol. The Kier molecular flexibility index (Phi) is 9.56. The number of pyridine rings is 1. The fourth-order valence-electron chi connectivity index (χ4n) is 6.01. The number of fused-ring (bicyclic) bond motifs is 1. The van der Waals surface area contributed by atoms with Gasteiger partial charge in [-0.2, -0.15) is 0 Å². The van der Waals surface area contributed by atoms with Gasteiger partial charge in [-0.1, -0.05) is 53.5 Å². The molecule has 4 heterocycles. The molecule has 1 unspecified atom stereocenters. The van der Waals surface area contributed by atoms with Gasteiger partial charge in [0.1, 0.15) is 11.4 Å². The van der Waals surface area contributed by atoms with Gasteiger partial charge in [0.05, 0.1) is 53.1 Å². The minimum absolute atomic E-state index is 0.0130. The van der Waals surface area contributed by atoms with Crippen LogP contribution in [0.25, 0.3) is 22.4 Å². The summed E-state index contributed by atoms with van der Waals surface area (Å²) in [6, 6.07) is 12.8. The van der Waals surface area contributed by atoms with Crippen molar-refractivity contribution in [2.75, 3.05) is 38.7 Å². The molecule has 0 aliphatic carbocycles. The van der Waals surface area contributed by atoms with Crippen molar-refractivity contribution in [1.29, 1.82) is 0 Å². The third-order valence-electron chi connectivity index (χ3n) is 8.68. The summed E-state index contributed by atoms with van der Waals surface area (Å²) in [5, 5.41) is 22.9. The van der Waals surface area contributed by atoms with E-state index in [2.05, 4.69) is 25.1 Å². The number of anilines is 1. The summed E-state index contributed by atoms with van der Waals surface area (Å²) < 4.78 is 5.54. The fraction of sp³-hybridized carbons (Fsp3) is 0.353. The quantitative estimate of drug-likeness (QED) is 0.227. The minimum atomic E-state index is -0.368. The first-order valence-electron chi connectivity index (χ1n) is 15.2. The second-order valence-electron chi connectivity index (χ2n) is 11.8. The molecule has 1 atom stereocenters. The Morgan fingerprint density at radius 3 is 2.54 bits per heavy atom. The molecule has 12 heteroatoms. The number of methoxy groups -OCH3 is 1. The molecule has 4 aromatic rings. The van der Waals surface area contributed by atoms with E-state index < -0.39 is 0 Å². The van der Waals surface area contributed by atoms with Gasteiger partial charge >= 0.3 is 0 Å². The SMILES string of the molecule is COc1nc(-c2cccc(-c3cccc(NC(=O)c4cc(C)c5c(n4)CN(C(C)CO)CC5)c3Cl)c2Cl)cnc1CN1CC(O)C1. The number of aryl methyl sites for hydroxylation is 1. The predicted octanol–water partition coefficient (Wildman–Crippen LogP) is 5.00. The van der Waals surface area contributed by atoms with Crippen LogP contribution in [0.1, 0.15) is 39.9 Å². The second-order valence-corrected chi connectivity index (χ2v) is 12.6. The van der Waals surface area contributed by atoms with Crippen LogP contribution in [0.4, 0.5) is 5.69 Å². The Bertz CT molecular complexity index is 1780. The zero-order valence-corrected chi connectivity index (χ0v) is 27.4. The largest absolute Gasteiger partial charge is 0.480 e. The van der Waals surface area contributed by atoms with Gasteiger partial charge in [-0.15, -0.1) is 0 Å². The lowest BCUT2D eigenvalue weighted by atomic mass is 9.98. The maximum atomic E-state index is 13.5. The zero-order chi connectivity index (χ0) is 32.5. The van der Waals surface area contributed by atoms with Gasteiger partial charge in [-0.05, 0) is 43.5 Å². The van der Waals surface area contributed by atoms with E-state index in [0.717, 1.165) is 29.8 Å². The first kappa shape index (κ1) is 32.3. The lowest BCUT2D eigenvalue weighted by Crippen LogP contribution is -2.50. The number of rotatable bonds is 9. The van der Waals surface area contributed by atoms with Crippen LogP contribution in [-0.2, 0) is 19.5 Å². The van der Waals surface area contributed by atoms with Crippen molar-refractivity contribution in [3.05, 3.63) is 86.9 Å². The van der Waals surface area contributed by atoms with Crippen LogP contribution < -0.4 is 10.1 Å². The molecule has 0 radical (unpaired) electrons. The Hall–Kier alpha value is -3.64. The number of likely N-dealkylation sites (tertiary alicyclic amines) is 1. The van der Waals surface area contributed by atoms with Crippen molar-refractivity contribution in [3.8, 4) is 28.3 Å². The lowest BCUT2D eigenvalue weighted by molar-refractivity contribution is -0.00403. The van der Waals surface area contributed by atoms with Gasteiger partial charge in [0.2, 0.25) is 5.88 Å². The van der Waals surface area contributed by atoms with E-state index in [1.807, 2.05) is 50.2 Å². The standard InChI is InChI=1S/C34H36Cl2N6O4/c1-19-12-27(38-29-17-42(20(2)18-43)11-10-22(19)29)33(45)39-26-9-5-7-24(32(26)36)23-6-4-8-25(31(23)35)28-13-37-30(34(40-28)46-3)16-41-14-21(44)15-41/h4-9,12-13,20-21,43-44H,10-11,14-18H2,1-3H3,(H,39,45). The molecule has 46 heavy (non-hydrogen) atoms. The number of aromatic nitrogens is 3. The molecular formula is C34H36Cl2N6O4. The Morgan fingerprint density at radius 2 is 1.83 bits per heavy atom. The normalized spacial score (nSPS) is 16.1. The first-order valence-corrected chi connectivity index (χ1v) is 16.0. The average Bonchev–Trinajstić information content (AvgIpc) is 3.04. The van der Waals surface area contributed by atoms with E-state index in [-0.39, 0.29) is 24.7 Å². The van der Waals surface area contributed by atoms with Gasteiger partial charge in [0.15, 0.2) is 0 Å². The summed E-state index contributed by atoms with van der Waals surface area (Å²) in [6.07, 6.45) is 2.17. The topological polar surface area (TPSA) is 124 Å². The van der Waals surface area contributed by atoms with Crippen molar-refractivity contribution in [1.82, 2.24) is 24.8 Å². The van der Waals surface area contributed by atoms with Crippen molar-refractivity contribution in [3.63, 3.8) is 0 Å². The number of aliphatic hydroxyl groups excluding tert-OH is 2. The smallest absolute Gasteiger partial charge is 0.274 e. The van der Waals surface area contributed by atoms with Crippen molar-refractivity contribution in [2.45, 2.75) is 45.5 Å². The molecule has 1 fully saturated rings. The molecule has 6 rings (SSSR count). The zero-order valence-electron chi connectivity index (χ0n) is 25.9. The first-order chi connectivity index (χ1) is 22.2. The number of carbonyl (C=O) groups excluding carboxylic acids is 1. The van der Waals surface area contributed by atoms with E-state index in [0.29, 0.717) is 81.6 Å². The highest BCUT2D eigenvalue weighted by Gasteiger charge is 2.27. The van der Waals surface area contributed by atoms with Crippen LogP contribution in [0.3, 0.4) is 0 Å². The highest BCUT2D eigenvalue weighted by atomic mass is 35.5. The lowest BCUT2D eigenvalue weighted by Gasteiger charge is -2.35. The number of benzene rings is 2. The maximum Gasteiger partial charge on any atom is 0.274 e. The number of carbonyl (C=O) groups is 1. The summed E-state index contributed by atoms with van der Waals surface area (Å²) in [7, 11) is 1.55. The maximum absolute atomic E-state index is 13.5. The Morgan fingerprint density at radius 1 is 1.11 bits per heavy atom. The number of β-amino-alcohol motifs (C(OH)–C–C–N with tert-alkyl or cyclic N) is 1. The van der Waals surface area contributed by atoms with Gasteiger partial charge in [0.25, 0.3) is 5.91 Å². The summed E-state index contributed by atoms with van der Waals surface area (Å²) in [4.78, 5) is 31.7.